The third-order valence-electron chi connectivity index (χ3n) is 4.53. The van der Waals surface area contributed by atoms with Crippen LogP contribution in [0.25, 0.3) is 22.2 Å². The predicted octanol–water partition coefficient (Wildman–Crippen LogP) is 5.03. The molecule has 0 unspecified atom stereocenters. The molecule has 0 radical (unpaired) electrons. The monoisotopic (exact) mass is 376 g/mol. The molecule has 0 aliphatic heterocycles. The molecule has 0 aliphatic carbocycles. The van der Waals surface area contributed by atoms with Crippen molar-refractivity contribution < 1.29 is 9.90 Å². The van der Waals surface area contributed by atoms with Crippen molar-refractivity contribution in [2.24, 2.45) is 0 Å². The lowest BCUT2D eigenvalue weighted by Crippen LogP contribution is -2.11. The molecule has 4 rings (SSSR count). The summed E-state index contributed by atoms with van der Waals surface area (Å²) in [6.07, 6.45) is -0.174. The SMILES string of the molecule is O=C(O)Cc1c(Cl)nc(-c2ccc3ccccc3c2)n1Cc1ccccc1. The number of halogens is 1. The number of imidazole rings is 1. The van der Waals surface area contributed by atoms with Gasteiger partial charge < -0.3 is 9.67 Å². The number of rotatable bonds is 5. The standard InChI is InChI=1S/C22H17ClN2O2/c23-21-19(13-20(26)27)25(14-15-6-2-1-3-7-15)22(24-21)18-11-10-16-8-4-5-9-17(16)12-18/h1-12H,13-14H2,(H,26,27). The van der Waals surface area contributed by atoms with Gasteiger partial charge in [-0.05, 0) is 22.4 Å². The molecular weight excluding hydrogens is 360 g/mol. The first-order chi connectivity index (χ1) is 13.1. The van der Waals surface area contributed by atoms with Gasteiger partial charge in [-0.1, -0.05) is 78.3 Å². The average Bonchev–Trinajstić information content (AvgIpc) is 2.97. The van der Waals surface area contributed by atoms with Crippen LogP contribution in [0.5, 0.6) is 0 Å². The topological polar surface area (TPSA) is 55.1 Å². The quantitative estimate of drug-likeness (QED) is 0.531. The van der Waals surface area contributed by atoms with E-state index in [-0.39, 0.29) is 11.6 Å². The molecule has 27 heavy (non-hydrogen) atoms. The van der Waals surface area contributed by atoms with Gasteiger partial charge in [0.25, 0.3) is 0 Å². The van der Waals surface area contributed by atoms with Crippen molar-refractivity contribution in [2.45, 2.75) is 13.0 Å². The van der Waals surface area contributed by atoms with Gasteiger partial charge in [0.2, 0.25) is 0 Å². The number of carboxylic acid groups (broad SMARTS) is 1. The van der Waals surface area contributed by atoms with E-state index >= 15 is 0 Å². The van der Waals surface area contributed by atoms with Gasteiger partial charge >= 0.3 is 5.97 Å². The van der Waals surface area contributed by atoms with Gasteiger partial charge in [0, 0.05) is 12.1 Å². The zero-order valence-corrected chi connectivity index (χ0v) is 15.2. The highest BCUT2D eigenvalue weighted by atomic mass is 35.5. The number of fused-ring (bicyclic) bond motifs is 1. The third-order valence-corrected chi connectivity index (χ3v) is 4.84. The van der Waals surface area contributed by atoms with Crippen LogP contribution < -0.4 is 0 Å². The molecule has 4 nitrogen and oxygen atoms in total. The highest BCUT2D eigenvalue weighted by Crippen LogP contribution is 2.29. The summed E-state index contributed by atoms with van der Waals surface area (Å²) >= 11 is 6.33. The lowest BCUT2D eigenvalue weighted by molar-refractivity contribution is -0.136. The predicted molar refractivity (Wildman–Crippen MR) is 107 cm³/mol. The fourth-order valence-electron chi connectivity index (χ4n) is 3.25. The molecule has 0 saturated carbocycles. The van der Waals surface area contributed by atoms with E-state index in [0.29, 0.717) is 18.1 Å². The van der Waals surface area contributed by atoms with Crippen LogP contribution in [-0.2, 0) is 17.8 Å². The molecule has 0 spiro atoms. The number of carboxylic acids is 1. The van der Waals surface area contributed by atoms with E-state index in [2.05, 4.69) is 17.1 Å². The van der Waals surface area contributed by atoms with Crippen molar-refractivity contribution in [1.82, 2.24) is 9.55 Å². The molecule has 1 N–H and O–H groups in total. The van der Waals surface area contributed by atoms with E-state index in [4.69, 9.17) is 11.6 Å². The molecule has 1 heterocycles. The molecule has 0 saturated heterocycles. The lowest BCUT2D eigenvalue weighted by atomic mass is 10.1. The van der Waals surface area contributed by atoms with Crippen LogP contribution in [-0.4, -0.2) is 20.6 Å². The summed E-state index contributed by atoms with van der Waals surface area (Å²) in [7, 11) is 0. The highest BCUT2D eigenvalue weighted by molar-refractivity contribution is 6.30. The molecular formula is C22H17ClN2O2. The minimum Gasteiger partial charge on any atom is -0.481 e. The largest absolute Gasteiger partial charge is 0.481 e. The first kappa shape index (κ1) is 17.3. The first-order valence-corrected chi connectivity index (χ1v) is 8.99. The zero-order chi connectivity index (χ0) is 18.8. The van der Waals surface area contributed by atoms with Gasteiger partial charge in [0.15, 0.2) is 5.15 Å². The number of benzene rings is 3. The fourth-order valence-corrected chi connectivity index (χ4v) is 3.50. The van der Waals surface area contributed by atoms with Crippen LogP contribution >= 0.6 is 11.6 Å². The molecule has 1 aromatic heterocycles. The molecule has 0 amide bonds. The Morgan fingerprint density at radius 3 is 2.41 bits per heavy atom. The van der Waals surface area contributed by atoms with Crippen LogP contribution in [0.15, 0.2) is 72.8 Å². The minimum absolute atomic E-state index is 0.174. The van der Waals surface area contributed by atoms with Crippen LogP contribution in [0.3, 0.4) is 0 Å². The van der Waals surface area contributed by atoms with Crippen LogP contribution in [0.1, 0.15) is 11.3 Å². The Labute approximate surface area is 161 Å². The summed E-state index contributed by atoms with van der Waals surface area (Å²) in [5.41, 5.74) is 2.47. The molecule has 134 valence electrons. The summed E-state index contributed by atoms with van der Waals surface area (Å²) < 4.78 is 1.90. The second-order valence-corrected chi connectivity index (χ2v) is 6.74. The van der Waals surface area contributed by atoms with E-state index in [9.17, 15) is 9.90 Å². The number of nitrogens with zero attached hydrogens (tertiary/aromatic N) is 2. The molecule has 5 heteroatoms. The van der Waals surface area contributed by atoms with E-state index in [0.717, 1.165) is 21.9 Å². The van der Waals surface area contributed by atoms with Gasteiger partial charge in [-0.25, -0.2) is 4.98 Å². The van der Waals surface area contributed by atoms with E-state index in [1.807, 2.05) is 65.2 Å². The highest BCUT2D eigenvalue weighted by Gasteiger charge is 2.20. The number of aromatic nitrogens is 2. The second kappa shape index (κ2) is 7.25. The molecule has 0 aliphatic rings. The summed E-state index contributed by atoms with van der Waals surface area (Å²) in [6, 6.07) is 24.1. The molecule has 0 atom stereocenters. The number of carbonyl (C=O) groups is 1. The average molecular weight is 377 g/mol. The van der Waals surface area contributed by atoms with Crippen molar-refractivity contribution in [3.05, 3.63) is 89.2 Å². The zero-order valence-electron chi connectivity index (χ0n) is 14.5. The number of hydrogen-bond acceptors (Lipinski definition) is 2. The Bertz CT molecular complexity index is 1120. The van der Waals surface area contributed by atoms with Crippen molar-refractivity contribution in [3.8, 4) is 11.4 Å². The van der Waals surface area contributed by atoms with Gasteiger partial charge in [0.1, 0.15) is 5.82 Å². The Morgan fingerprint density at radius 2 is 1.67 bits per heavy atom. The summed E-state index contributed by atoms with van der Waals surface area (Å²) in [5, 5.41) is 11.8. The lowest BCUT2D eigenvalue weighted by Gasteiger charge is -2.12. The minimum atomic E-state index is -0.934. The Kier molecular flexibility index (Phi) is 4.65. The van der Waals surface area contributed by atoms with Crippen molar-refractivity contribution in [3.63, 3.8) is 0 Å². The number of aliphatic carboxylic acids is 1. The van der Waals surface area contributed by atoms with Crippen LogP contribution in [0.2, 0.25) is 5.15 Å². The Balaban J connectivity index is 1.86. The normalized spacial score (nSPS) is 11.0. The Morgan fingerprint density at radius 1 is 0.963 bits per heavy atom. The third kappa shape index (κ3) is 3.57. The summed E-state index contributed by atoms with van der Waals surface area (Å²) in [4.78, 5) is 15.8. The van der Waals surface area contributed by atoms with E-state index < -0.39 is 5.97 Å². The molecule has 0 bridgehead atoms. The van der Waals surface area contributed by atoms with E-state index in [1.54, 1.807) is 0 Å². The maximum absolute atomic E-state index is 11.3. The maximum atomic E-state index is 11.3. The van der Waals surface area contributed by atoms with Gasteiger partial charge in [0.05, 0.1) is 12.1 Å². The smallest absolute Gasteiger partial charge is 0.309 e. The van der Waals surface area contributed by atoms with Crippen molar-refractivity contribution in [2.75, 3.05) is 0 Å². The molecule has 0 fully saturated rings. The molecule has 4 aromatic rings. The van der Waals surface area contributed by atoms with Crippen LogP contribution in [0.4, 0.5) is 0 Å². The number of hydrogen-bond donors (Lipinski definition) is 1. The fraction of sp³-hybridized carbons (Fsp3) is 0.0909. The Hall–Kier alpha value is -3.11. The van der Waals surface area contributed by atoms with E-state index in [1.165, 1.54) is 0 Å². The maximum Gasteiger partial charge on any atom is 0.309 e. The van der Waals surface area contributed by atoms with Gasteiger partial charge in [-0.3, -0.25) is 4.79 Å². The second-order valence-electron chi connectivity index (χ2n) is 6.38. The summed E-state index contributed by atoms with van der Waals surface area (Å²) in [6.45, 7) is 0.505. The molecule has 3 aromatic carbocycles. The van der Waals surface area contributed by atoms with Gasteiger partial charge in [-0.15, -0.1) is 0 Å². The van der Waals surface area contributed by atoms with Gasteiger partial charge in [-0.2, -0.15) is 0 Å². The van der Waals surface area contributed by atoms with Crippen molar-refractivity contribution >= 4 is 28.3 Å². The summed E-state index contributed by atoms with van der Waals surface area (Å²) in [5.74, 6) is -0.262. The first-order valence-electron chi connectivity index (χ1n) is 8.61. The van der Waals surface area contributed by atoms with Crippen molar-refractivity contribution in [1.29, 1.82) is 0 Å². The van der Waals surface area contributed by atoms with Crippen LogP contribution in [0, 0.1) is 0 Å².